The first-order valence-electron chi connectivity index (χ1n) is 6.28. The van der Waals surface area contributed by atoms with Crippen LogP contribution in [0.1, 0.15) is 37.5 Å². The number of fused-ring (bicyclic) bond motifs is 3. The monoisotopic (exact) mass is 222 g/mol. The molecule has 2 aromatic carbocycles. The van der Waals surface area contributed by atoms with E-state index in [9.17, 15) is 0 Å². The zero-order valence-corrected chi connectivity index (χ0v) is 10.7. The molecule has 0 spiro atoms. The van der Waals surface area contributed by atoms with Gasteiger partial charge in [0.05, 0.1) is 0 Å². The van der Waals surface area contributed by atoms with Gasteiger partial charge in [-0.1, -0.05) is 63.2 Å². The van der Waals surface area contributed by atoms with Gasteiger partial charge in [0.1, 0.15) is 0 Å². The molecule has 1 aliphatic rings. The first-order valence-corrected chi connectivity index (χ1v) is 6.28. The molecule has 0 amide bonds. The molecule has 0 heterocycles. The third-order valence-corrected chi connectivity index (χ3v) is 3.66. The molecule has 2 aromatic rings. The van der Waals surface area contributed by atoms with E-state index in [2.05, 4.69) is 63.2 Å². The maximum absolute atomic E-state index is 2.30. The van der Waals surface area contributed by atoms with E-state index in [1.807, 2.05) is 0 Å². The summed E-state index contributed by atoms with van der Waals surface area (Å²) in [5.41, 5.74) is 7.58. The lowest BCUT2D eigenvalue weighted by atomic mass is 9.82. The normalized spacial score (nSPS) is 13.4. The van der Waals surface area contributed by atoms with Crippen molar-refractivity contribution in [1.82, 2.24) is 0 Å². The second-order valence-electron chi connectivity index (χ2n) is 5.92. The number of rotatable bonds is 0. The van der Waals surface area contributed by atoms with Crippen molar-refractivity contribution in [2.24, 2.45) is 0 Å². The van der Waals surface area contributed by atoms with E-state index in [0.717, 1.165) is 6.42 Å². The smallest absolute Gasteiger partial charge is 0.00105 e. The molecule has 0 fully saturated rings. The van der Waals surface area contributed by atoms with Gasteiger partial charge in [0.25, 0.3) is 0 Å². The van der Waals surface area contributed by atoms with Gasteiger partial charge in [-0.15, -0.1) is 0 Å². The molecule has 0 bridgehead atoms. The molecule has 17 heavy (non-hydrogen) atoms. The SMILES string of the molecule is CC(C)(C)c1cccc2c1Cc1ccccc1-2. The second-order valence-corrected chi connectivity index (χ2v) is 5.92. The minimum atomic E-state index is 0.230. The van der Waals surface area contributed by atoms with Crippen molar-refractivity contribution >= 4 is 0 Å². The zero-order chi connectivity index (χ0) is 12.0. The third kappa shape index (κ3) is 1.59. The Morgan fingerprint density at radius 2 is 1.53 bits per heavy atom. The highest BCUT2D eigenvalue weighted by Crippen LogP contribution is 2.41. The lowest BCUT2D eigenvalue weighted by molar-refractivity contribution is 0.585. The number of hydrogen-bond acceptors (Lipinski definition) is 0. The molecule has 0 saturated heterocycles. The molecular weight excluding hydrogens is 204 g/mol. The van der Waals surface area contributed by atoms with Crippen molar-refractivity contribution in [3.8, 4) is 11.1 Å². The van der Waals surface area contributed by atoms with Gasteiger partial charge in [-0.25, -0.2) is 0 Å². The van der Waals surface area contributed by atoms with Crippen molar-refractivity contribution in [1.29, 1.82) is 0 Å². The van der Waals surface area contributed by atoms with E-state index in [4.69, 9.17) is 0 Å². The summed E-state index contributed by atoms with van der Waals surface area (Å²) >= 11 is 0. The van der Waals surface area contributed by atoms with E-state index in [-0.39, 0.29) is 5.41 Å². The summed E-state index contributed by atoms with van der Waals surface area (Å²) in [5.74, 6) is 0. The van der Waals surface area contributed by atoms with Crippen LogP contribution in [0.15, 0.2) is 42.5 Å². The lowest BCUT2D eigenvalue weighted by Crippen LogP contribution is -2.13. The molecule has 0 atom stereocenters. The Kier molecular flexibility index (Phi) is 2.16. The zero-order valence-electron chi connectivity index (χ0n) is 10.7. The molecule has 0 radical (unpaired) electrons. The van der Waals surface area contributed by atoms with Crippen molar-refractivity contribution < 1.29 is 0 Å². The second kappa shape index (κ2) is 3.46. The maximum atomic E-state index is 2.30. The van der Waals surface area contributed by atoms with Crippen LogP contribution in [-0.2, 0) is 11.8 Å². The number of hydrogen-bond donors (Lipinski definition) is 0. The average molecular weight is 222 g/mol. The highest BCUT2D eigenvalue weighted by molar-refractivity contribution is 5.78. The standard InChI is InChI=1S/C17H18/c1-17(2,3)16-10-6-9-14-13-8-5-4-7-12(13)11-15(14)16/h4-10H,11H2,1-3H3. The summed E-state index contributed by atoms with van der Waals surface area (Å²) in [6.45, 7) is 6.89. The van der Waals surface area contributed by atoms with Crippen LogP contribution >= 0.6 is 0 Å². The van der Waals surface area contributed by atoms with Gasteiger partial charge in [-0.05, 0) is 39.7 Å². The topological polar surface area (TPSA) is 0 Å². The summed E-state index contributed by atoms with van der Waals surface area (Å²) in [4.78, 5) is 0. The molecule has 0 saturated carbocycles. The van der Waals surface area contributed by atoms with E-state index in [1.54, 1.807) is 0 Å². The molecule has 3 rings (SSSR count). The molecular formula is C17H18. The summed E-state index contributed by atoms with van der Waals surface area (Å²) < 4.78 is 0. The Morgan fingerprint density at radius 1 is 0.824 bits per heavy atom. The maximum Gasteiger partial charge on any atom is -0.00105 e. The fraction of sp³-hybridized carbons (Fsp3) is 0.294. The van der Waals surface area contributed by atoms with Crippen LogP contribution in [0, 0.1) is 0 Å². The lowest BCUT2D eigenvalue weighted by Gasteiger charge is -2.22. The summed E-state index contributed by atoms with van der Waals surface area (Å²) in [5, 5.41) is 0. The van der Waals surface area contributed by atoms with Crippen LogP contribution in [0.5, 0.6) is 0 Å². The molecule has 0 unspecified atom stereocenters. The van der Waals surface area contributed by atoms with E-state index >= 15 is 0 Å². The average Bonchev–Trinajstić information content (AvgIpc) is 2.65. The minimum Gasteiger partial charge on any atom is -0.0619 e. The Bertz CT molecular complexity index is 571. The van der Waals surface area contributed by atoms with Gasteiger partial charge in [-0.2, -0.15) is 0 Å². The molecule has 0 heteroatoms. The first-order chi connectivity index (χ1) is 8.07. The predicted molar refractivity (Wildman–Crippen MR) is 73.4 cm³/mol. The van der Waals surface area contributed by atoms with Crippen LogP contribution < -0.4 is 0 Å². The van der Waals surface area contributed by atoms with Crippen LogP contribution in [0.4, 0.5) is 0 Å². The molecule has 0 aromatic heterocycles. The summed E-state index contributed by atoms with van der Waals surface area (Å²) in [6, 6.07) is 15.5. The van der Waals surface area contributed by atoms with Gasteiger partial charge in [0.15, 0.2) is 0 Å². The minimum absolute atomic E-state index is 0.230. The molecule has 1 aliphatic carbocycles. The molecule has 86 valence electrons. The Labute approximate surface area is 103 Å². The largest absolute Gasteiger partial charge is 0.0619 e. The van der Waals surface area contributed by atoms with E-state index < -0.39 is 0 Å². The van der Waals surface area contributed by atoms with Crippen molar-refractivity contribution in [3.05, 3.63) is 59.2 Å². The summed E-state index contributed by atoms with van der Waals surface area (Å²) in [7, 11) is 0. The highest BCUT2D eigenvalue weighted by atomic mass is 14.3. The fourth-order valence-electron chi connectivity index (χ4n) is 2.86. The van der Waals surface area contributed by atoms with Gasteiger partial charge < -0.3 is 0 Å². The Morgan fingerprint density at radius 3 is 2.29 bits per heavy atom. The van der Waals surface area contributed by atoms with Gasteiger partial charge in [0.2, 0.25) is 0 Å². The van der Waals surface area contributed by atoms with E-state index in [1.165, 1.54) is 27.8 Å². The Hall–Kier alpha value is -1.56. The predicted octanol–water partition coefficient (Wildman–Crippen LogP) is 4.56. The molecule has 0 aliphatic heterocycles. The van der Waals surface area contributed by atoms with Crippen molar-refractivity contribution in [3.63, 3.8) is 0 Å². The Balaban J connectivity index is 2.24. The van der Waals surface area contributed by atoms with Crippen molar-refractivity contribution in [2.45, 2.75) is 32.6 Å². The third-order valence-electron chi connectivity index (χ3n) is 3.66. The van der Waals surface area contributed by atoms with Crippen LogP contribution in [-0.4, -0.2) is 0 Å². The van der Waals surface area contributed by atoms with Gasteiger partial charge in [-0.3, -0.25) is 0 Å². The fourth-order valence-corrected chi connectivity index (χ4v) is 2.86. The van der Waals surface area contributed by atoms with Crippen LogP contribution in [0.25, 0.3) is 11.1 Å². The van der Waals surface area contributed by atoms with Gasteiger partial charge in [0, 0.05) is 0 Å². The van der Waals surface area contributed by atoms with Crippen molar-refractivity contribution in [2.75, 3.05) is 0 Å². The molecule has 0 N–H and O–H groups in total. The van der Waals surface area contributed by atoms with Crippen LogP contribution in [0.3, 0.4) is 0 Å². The van der Waals surface area contributed by atoms with Gasteiger partial charge >= 0.3 is 0 Å². The molecule has 0 nitrogen and oxygen atoms in total. The first kappa shape index (κ1) is 10.6. The number of benzene rings is 2. The highest BCUT2D eigenvalue weighted by Gasteiger charge is 2.25. The van der Waals surface area contributed by atoms with E-state index in [0.29, 0.717) is 0 Å². The quantitative estimate of drug-likeness (QED) is 0.523. The summed E-state index contributed by atoms with van der Waals surface area (Å²) in [6.07, 6.45) is 1.10. The van der Waals surface area contributed by atoms with Crippen LogP contribution in [0.2, 0.25) is 0 Å².